The highest BCUT2D eigenvalue weighted by atomic mass is 35.5. The van der Waals surface area contributed by atoms with E-state index in [-0.39, 0.29) is 17.7 Å². The molecule has 88 valence electrons. The quantitative estimate of drug-likeness (QED) is 0.791. The van der Waals surface area contributed by atoms with Crippen molar-refractivity contribution in [1.29, 1.82) is 0 Å². The molecular weight excluding hydrogens is 228 g/mol. The molecule has 1 aromatic rings. The average Bonchev–Trinajstić information content (AvgIpc) is 2.15. The number of nitrogens with one attached hydrogen (secondary N) is 1. The van der Waals surface area contributed by atoms with Gasteiger partial charge in [0.1, 0.15) is 5.15 Å². The maximum atomic E-state index is 11.8. The molecule has 0 saturated carbocycles. The maximum Gasteiger partial charge on any atom is 0.251 e. The van der Waals surface area contributed by atoms with Crippen molar-refractivity contribution in [1.82, 2.24) is 10.3 Å². The SMILES string of the molecule is Cc1cc(C(=O)NC(C)(C)CO)cc(Cl)n1. The number of aromatic nitrogens is 1. The third kappa shape index (κ3) is 3.47. The van der Waals surface area contributed by atoms with Gasteiger partial charge in [-0.1, -0.05) is 11.6 Å². The van der Waals surface area contributed by atoms with Gasteiger partial charge in [0.25, 0.3) is 5.91 Å². The minimum atomic E-state index is -0.652. The van der Waals surface area contributed by atoms with Crippen LogP contribution in [-0.2, 0) is 0 Å². The molecule has 2 N–H and O–H groups in total. The summed E-state index contributed by atoms with van der Waals surface area (Å²) in [6.45, 7) is 5.11. The monoisotopic (exact) mass is 242 g/mol. The molecule has 16 heavy (non-hydrogen) atoms. The summed E-state index contributed by atoms with van der Waals surface area (Å²) in [7, 11) is 0. The molecule has 0 atom stereocenters. The van der Waals surface area contributed by atoms with Crippen molar-refractivity contribution >= 4 is 17.5 Å². The van der Waals surface area contributed by atoms with Crippen molar-refractivity contribution in [2.24, 2.45) is 0 Å². The topological polar surface area (TPSA) is 62.2 Å². The summed E-state index contributed by atoms with van der Waals surface area (Å²) in [5.74, 6) is -0.272. The number of hydrogen-bond donors (Lipinski definition) is 2. The first kappa shape index (κ1) is 12.9. The molecule has 0 bridgehead atoms. The van der Waals surface area contributed by atoms with Crippen molar-refractivity contribution in [3.05, 3.63) is 28.5 Å². The molecule has 0 spiro atoms. The number of carbonyl (C=O) groups excluding carboxylic acids is 1. The Kier molecular flexibility index (Phi) is 3.88. The second-order valence-corrected chi connectivity index (χ2v) is 4.70. The Morgan fingerprint density at radius 1 is 1.56 bits per heavy atom. The largest absolute Gasteiger partial charge is 0.394 e. The standard InChI is InChI=1S/C11H15ClN2O2/c1-7-4-8(5-9(12)13-7)10(16)14-11(2,3)6-15/h4-5,15H,6H2,1-3H3,(H,14,16). The van der Waals surface area contributed by atoms with Crippen LogP contribution in [0.5, 0.6) is 0 Å². The van der Waals surface area contributed by atoms with E-state index in [9.17, 15) is 4.79 Å². The molecule has 1 rings (SSSR count). The second-order valence-electron chi connectivity index (χ2n) is 4.32. The Hall–Kier alpha value is -1.13. The molecule has 0 aliphatic carbocycles. The smallest absolute Gasteiger partial charge is 0.251 e. The van der Waals surface area contributed by atoms with Crippen LogP contribution in [-0.4, -0.2) is 28.1 Å². The van der Waals surface area contributed by atoms with Gasteiger partial charge in [0.2, 0.25) is 0 Å². The first-order valence-electron chi connectivity index (χ1n) is 4.91. The number of halogens is 1. The van der Waals surface area contributed by atoms with E-state index in [4.69, 9.17) is 16.7 Å². The molecule has 1 amide bonds. The fourth-order valence-corrected chi connectivity index (χ4v) is 1.43. The van der Waals surface area contributed by atoms with E-state index < -0.39 is 5.54 Å². The van der Waals surface area contributed by atoms with Gasteiger partial charge in [-0.25, -0.2) is 4.98 Å². The summed E-state index contributed by atoms with van der Waals surface area (Å²) in [6, 6.07) is 3.14. The van der Waals surface area contributed by atoms with Crippen LogP contribution in [0.15, 0.2) is 12.1 Å². The van der Waals surface area contributed by atoms with Gasteiger partial charge in [-0.3, -0.25) is 4.79 Å². The lowest BCUT2D eigenvalue weighted by molar-refractivity contribution is 0.0869. The van der Waals surface area contributed by atoms with E-state index in [1.807, 2.05) is 0 Å². The number of hydrogen-bond acceptors (Lipinski definition) is 3. The Morgan fingerprint density at radius 3 is 2.69 bits per heavy atom. The Labute approximate surface area is 99.6 Å². The van der Waals surface area contributed by atoms with E-state index in [2.05, 4.69) is 10.3 Å². The van der Waals surface area contributed by atoms with Crippen molar-refractivity contribution < 1.29 is 9.90 Å². The zero-order chi connectivity index (χ0) is 12.3. The van der Waals surface area contributed by atoms with Gasteiger partial charge in [0, 0.05) is 11.3 Å². The highest BCUT2D eigenvalue weighted by molar-refractivity contribution is 6.29. The van der Waals surface area contributed by atoms with Crippen molar-refractivity contribution in [3.8, 4) is 0 Å². The number of aliphatic hydroxyl groups excluding tert-OH is 1. The molecule has 0 aliphatic heterocycles. The first-order chi connectivity index (χ1) is 7.34. The molecule has 1 heterocycles. The lowest BCUT2D eigenvalue weighted by atomic mass is 10.1. The molecule has 4 nitrogen and oxygen atoms in total. The lowest BCUT2D eigenvalue weighted by Crippen LogP contribution is -2.46. The van der Waals surface area contributed by atoms with Crippen LogP contribution in [0.2, 0.25) is 5.15 Å². The number of pyridine rings is 1. The van der Waals surface area contributed by atoms with Gasteiger partial charge in [-0.2, -0.15) is 0 Å². The number of aliphatic hydroxyl groups is 1. The summed E-state index contributed by atoms with van der Waals surface area (Å²) in [5, 5.41) is 12.0. The highest BCUT2D eigenvalue weighted by Crippen LogP contribution is 2.11. The van der Waals surface area contributed by atoms with Crippen molar-refractivity contribution in [2.45, 2.75) is 26.3 Å². The number of amides is 1. The number of rotatable bonds is 3. The van der Waals surface area contributed by atoms with E-state index in [0.29, 0.717) is 11.3 Å². The van der Waals surface area contributed by atoms with E-state index in [1.165, 1.54) is 6.07 Å². The molecular formula is C11H15ClN2O2. The van der Waals surface area contributed by atoms with Crippen LogP contribution in [0.4, 0.5) is 0 Å². The van der Waals surface area contributed by atoms with Crippen LogP contribution in [0.1, 0.15) is 29.9 Å². The summed E-state index contributed by atoms with van der Waals surface area (Å²) in [5.41, 5.74) is 0.472. The van der Waals surface area contributed by atoms with Gasteiger partial charge in [-0.15, -0.1) is 0 Å². The zero-order valence-electron chi connectivity index (χ0n) is 9.54. The molecule has 1 aromatic heterocycles. The van der Waals surface area contributed by atoms with Gasteiger partial charge in [0.15, 0.2) is 0 Å². The fourth-order valence-electron chi connectivity index (χ4n) is 1.18. The highest BCUT2D eigenvalue weighted by Gasteiger charge is 2.20. The third-order valence-corrected chi connectivity index (χ3v) is 2.23. The van der Waals surface area contributed by atoms with Crippen LogP contribution in [0.25, 0.3) is 0 Å². The van der Waals surface area contributed by atoms with E-state index >= 15 is 0 Å². The summed E-state index contributed by atoms with van der Waals surface area (Å²) in [4.78, 5) is 15.8. The molecule has 0 aromatic carbocycles. The van der Waals surface area contributed by atoms with Crippen LogP contribution in [0, 0.1) is 6.92 Å². The molecule has 0 saturated heterocycles. The fraction of sp³-hybridized carbons (Fsp3) is 0.455. The average molecular weight is 243 g/mol. The predicted molar refractivity (Wildman–Crippen MR) is 62.6 cm³/mol. The minimum absolute atomic E-state index is 0.128. The Balaban J connectivity index is 2.89. The summed E-state index contributed by atoms with van der Waals surface area (Å²) < 4.78 is 0. The number of nitrogens with zero attached hydrogens (tertiary/aromatic N) is 1. The summed E-state index contributed by atoms with van der Waals surface area (Å²) in [6.07, 6.45) is 0. The maximum absolute atomic E-state index is 11.8. The van der Waals surface area contributed by atoms with Gasteiger partial charge in [0.05, 0.1) is 12.1 Å². The van der Waals surface area contributed by atoms with Crippen molar-refractivity contribution in [3.63, 3.8) is 0 Å². The molecule has 0 fully saturated rings. The van der Waals surface area contributed by atoms with Gasteiger partial charge < -0.3 is 10.4 Å². The minimum Gasteiger partial charge on any atom is -0.394 e. The molecule has 0 unspecified atom stereocenters. The van der Waals surface area contributed by atoms with E-state index in [1.54, 1.807) is 26.8 Å². The van der Waals surface area contributed by atoms with Crippen LogP contribution >= 0.6 is 11.6 Å². The number of carbonyl (C=O) groups is 1. The Bertz CT molecular complexity index is 385. The van der Waals surface area contributed by atoms with E-state index in [0.717, 1.165) is 0 Å². The lowest BCUT2D eigenvalue weighted by Gasteiger charge is -2.23. The van der Waals surface area contributed by atoms with Gasteiger partial charge >= 0.3 is 0 Å². The van der Waals surface area contributed by atoms with Gasteiger partial charge in [-0.05, 0) is 32.9 Å². The number of aryl methyl sites for hydroxylation is 1. The molecule has 0 radical (unpaired) electrons. The normalized spacial score (nSPS) is 11.3. The van der Waals surface area contributed by atoms with Crippen molar-refractivity contribution in [2.75, 3.05) is 6.61 Å². The zero-order valence-corrected chi connectivity index (χ0v) is 10.3. The Morgan fingerprint density at radius 2 is 2.19 bits per heavy atom. The van der Waals surface area contributed by atoms with Crippen LogP contribution in [0.3, 0.4) is 0 Å². The van der Waals surface area contributed by atoms with Crippen LogP contribution < -0.4 is 5.32 Å². The summed E-state index contributed by atoms with van der Waals surface area (Å²) >= 11 is 5.76. The third-order valence-electron chi connectivity index (χ3n) is 2.03. The predicted octanol–water partition coefficient (Wildman–Crippen LogP) is 1.54. The molecule has 5 heteroatoms. The second kappa shape index (κ2) is 4.80. The molecule has 0 aliphatic rings. The first-order valence-corrected chi connectivity index (χ1v) is 5.29.